The predicted molar refractivity (Wildman–Crippen MR) is 98.1 cm³/mol. The van der Waals surface area contributed by atoms with Gasteiger partial charge in [-0.25, -0.2) is 4.79 Å². The van der Waals surface area contributed by atoms with Crippen molar-refractivity contribution in [1.29, 1.82) is 0 Å². The van der Waals surface area contributed by atoms with Crippen LogP contribution in [0.15, 0.2) is 17.1 Å². The molecule has 3 nitrogen and oxygen atoms in total. The Morgan fingerprint density at radius 3 is 2.09 bits per heavy atom. The molecule has 132 valence electrons. The second-order valence-corrected chi connectivity index (χ2v) is 6.44. The Balaban J connectivity index is 1.81. The molecule has 0 amide bonds. The molecule has 0 saturated heterocycles. The van der Waals surface area contributed by atoms with E-state index in [1.54, 1.807) is 0 Å². The number of esters is 1. The normalized spacial score (nSPS) is 16.6. The summed E-state index contributed by atoms with van der Waals surface area (Å²) in [5, 5.41) is 0. The van der Waals surface area contributed by atoms with Crippen LogP contribution >= 0.6 is 0 Å². The van der Waals surface area contributed by atoms with Crippen molar-refractivity contribution in [3.63, 3.8) is 0 Å². The molecule has 0 unspecified atom stereocenters. The van der Waals surface area contributed by atoms with Crippen LogP contribution < -0.4 is 0 Å². The molecule has 23 heavy (non-hydrogen) atoms. The quantitative estimate of drug-likeness (QED) is 0.289. The average Bonchev–Trinajstić information content (AvgIpc) is 3.32. The molecule has 0 aromatic rings. The van der Waals surface area contributed by atoms with Crippen molar-refractivity contribution in [2.24, 2.45) is 4.99 Å². The molecule has 0 N–H and O–H groups in total. The van der Waals surface area contributed by atoms with Crippen molar-refractivity contribution in [3.8, 4) is 0 Å². The number of hydrogen-bond acceptors (Lipinski definition) is 3. The minimum Gasteiger partial charge on any atom is -0.464 e. The molecule has 1 aliphatic heterocycles. The fourth-order valence-electron chi connectivity index (χ4n) is 2.77. The van der Waals surface area contributed by atoms with Crippen LogP contribution in [-0.2, 0) is 9.53 Å². The number of allylic oxidation sites excluding steroid dienone is 1. The van der Waals surface area contributed by atoms with Crippen molar-refractivity contribution >= 4 is 11.7 Å². The zero-order valence-corrected chi connectivity index (χ0v) is 15.2. The van der Waals surface area contributed by atoms with Crippen LogP contribution in [0, 0.1) is 0 Å². The summed E-state index contributed by atoms with van der Waals surface area (Å²) in [6.07, 6.45) is 20.3. The Labute approximate surface area is 142 Å². The summed E-state index contributed by atoms with van der Waals surface area (Å²) in [5.41, 5.74) is 0.881. The number of hydrogen-bond donors (Lipinski definition) is 0. The zero-order valence-electron chi connectivity index (χ0n) is 15.2. The van der Waals surface area contributed by atoms with Gasteiger partial charge in [-0.05, 0) is 25.8 Å². The standard InChI is InChI=1S/C20H35NO2/c1-3-5-6-7-8-9-10-11-12-13-14-15-16-17-18-19(21-18)20(22)23-4-2/h16-17,19H,3-15H2,1-2H3/b17-16+/t19-/m0/s1. The third-order valence-electron chi connectivity index (χ3n) is 4.26. The van der Waals surface area contributed by atoms with E-state index < -0.39 is 0 Å². The van der Waals surface area contributed by atoms with Crippen LogP contribution in [0.3, 0.4) is 0 Å². The summed E-state index contributed by atoms with van der Waals surface area (Å²) in [7, 11) is 0. The molecule has 1 aliphatic rings. The first-order valence-corrected chi connectivity index (χ1v) is 9.70. The van der Waals surface area contributed by atoms with Gasteiger partial charge in [-0.3, -0.25) is 4.99 Å². The fraction of sp³-hybridized carbons (Fsp3) is 0.800. The van der Waals surface area contributed by atoms with Crippen molar-refractivity contribution in [3.05, 3.63) is 12.2 Å². The molecule has 0 bridgehead atoms. The number of rotatable bonds is 15. The lowest BCUT2D eigenvalue weighted by molar-refractivity contribution is -0.141. The van der Waals surface area contributed by atoms with Crippen LogP contribution in [0.1, 0.15) is 90.9 Å². The second kappa shape index (κ2) is 13.3. The summed E-state index contributed by atoms with van der Waals surface area (Å²) >= 11 is 0. The topological polar surface area (TPSA) is 38.7 Å². The maximum absolute atomic E-state index is 11.4. The molecular weight excluding hydrogens is 286 g/mol. The molecule has 0 aromatic heterocycles. The van der Waals surface area contributed by atoms with E-state index in [1.165, 1.54) is 70.6 Å². The summed E-state index contributed by atoms with van der Waals surface area (Å²) < 4.78 is 4.93. The highest BCUT2D eigenvalue weighted by molar-refractivity contribution is 6.21. The number of carbonyl (C=O) groups excluding carboxylic acids is 1. The van der Waals surface area contributed by atoms with E-state index in [1.807, 2.05) is 13.0 Å². The van der Waals surface area contributed by atoms with E-state index in [2.05, 4.69) is 18.0 Å². The first-order chi connectivity index (χ1) is 11.3. The minimum absolute atomic E-state index is 0.207. The van der Waals surface area contributed by atoms with Crippen molar-refractivity contribution in [2.75, 3.05) is 6.61 Å². The molecular formula is C20H35NO2. The maximum Gasteiger partial charge on any atom is 0.337 e. The minimum atomic E-state index is -0.302. The maximum atomic E-state index is 11.4. The predicted octanol–water partition coefficient (Wildman–Crippen LogP) is 5.63. The van der Waals surface area contributed by atoms with E-state index in [9.17, 15) is 4.79 Å². The number of unbranched alkanes of at least 4 members (excludes halogenated alkanes) is 11. The second-order valence-electron chi connectivity index (χ2n) is 6.44. The van der Waals surface area contributed by atoms with Crippen LogP contribution in [0.2, 0.25) is 0 Å². The lowest BCUT2D eigenvalue weighted by atomic mass is 10.1. The summed E-state index contributed by atoms with van der Waals surface area (Å²) in [5.74, 6) is -0.207. The van der Waals surface area contributed by atoms with Gasteiger partial charge in [-0.1, -0.05) is 77.2 Å². The number of aliphatic imine (C=N–C) groups is 1. The third-order valence-corrected chi connectivity index (χ3v) is 4.26. The highest BCUT2D eigenvalue weighted by atomic mass is 16.5. The fourth-order valence-corrected chi connectivity index (χ4v) is 2.77. The molecule has 0 fully saturated rings. The van der Waals surface area contributed by atoms with Gasteiger partial charge in [0, 0.05) is 0 Å². The van der Waals surface area contributed by atoms with Crippen molar-refractivity contribution in [1.82, 2.24) is 0 Å². The Morgan fingerprint density at radius 1 is 0.957 bits per heavy atom. The molecule has 1 atom stereocenters. The van der Waals surface area contributed by atoms with Gasteiger partial charge in [0.05, 0.1) is 12.3 Å². The largest absolute Gasteiger partial charge is 0.464 e. The zero-order chi connectivity index (χ0) is 16.8. The lowest BCUT2D eigenvalue weighted by Gasteiger charge is -2.01. The van der Waals surface area contributed by atoms with Gasteiger partial charge in [0.25, 0.3) is 0 Å². The van der Waals surface area contributed by atoms with Gasteiger partial charge in [0.15, 0.2) is 6.04 Å². The van der Waals surface area contributed by atoms with Gasteiger partial charge < -0.3 is 4.74 Å². The van der Waals surface area contributed by atoms with E-state index in [-0.39, 0.29) is 12.0 Å². The van der Waals surface area contributed by atoms with Gasteiger partial charge in [0.1, 0.15) is 0 Å². The number of nitrogens with zero attached hydrogens (tertiary/aromatic N) is 1. The summed E-state index contributed by atoms with van der Waals surface area (Å²) in [6, 6.07) is -0.302. The van der Waals surface area contributed by atoms with E-state index in [0.29, 0.717) is 6.61 Å². The molecule has 1 rings (SSSR count). The number of ether oxygens (including phenoxy) is 1. The van der Waals surface area contributed by atoms with Crippen LogP contribution in [0.25, 0.3) is 0 Å². The third kappa shape index (κ3) is 10.3. The van der Waals surface area contributed by atoms with Crippen LogP contribution in [-0.4, -0.2) is 24.3 Å². The molecule has 0 saturated carbocycles. The van der Waals surface area contributed by atoms with Gasteiger partial charge >= 0.3 is 5.97 Å². The molecule has 0 aliphatic carbocycles. The highest BCUT2D eigenvalue weighted by Crippen LogP contribution is 2.16. The first kappa shape index (κ1) is 19.9. The SMILES string of the molecule is CCCCCCCCCCCCC/C=C/C1=N[C@@H]1C(=O)OCC. The van der Waals surface area contributed by atoms with Crippen LogP contribution in [0.5, 0.6) is 0 Å². The van der Waals surface area contributed by atoms with Gasteiger partial charge in [-0.2, -0.15) is 0 Å². The van der Waals surface area contributed by atoms with Crippen molar-refractivity contribution in [2.45, 2.75) is 96.9 Å². The molecule has 0 radical (unpaired) electrons. The lowest BCUT2D eigenvalue weighted by Crippen LogP contribution is -2.15. The molecule has 0 aromatic carbocycles. The van der Waals surface area contributed by atoms with Crippen LogP contribution in [0.4, 0.5) is 0 Å². The smallest absolute Gasteiger partial charge is 0.337 e. The van der Waals surface area contributed by atoms with E-state index >= 15 is 0 Å². The summed E-state index contributed by atoms with van der Waals surface area (Å²) in [4.78, 5) is 15.5. The molecule has 3 heteroatoms. The first-order valence-electron chi connectivity index (χ1n) is 9.70. The molecule has 1 heterocycles. The monoisotopic (exact) mass is 321 g/mol. The van der Waals surface area contributed by atoms with Crippen molar-refractivity contribution < 1.29 is 9.53 Å². The number of carbonyl (C=O) groups is 1. The summed E-state index contributed by atoms with van der Waals surface area (Å²) in [6.45, 7) is 4.52. The Kier molecular flexibility index (Phi) is 11.5. The Bertz CT molecular complexity index is 374. The Hall–Kier alpha value is -1.12. The van der Waals surface area contributed by atoms with E-state index in [0.717, 1.165) is 12.1 Å². The highest BCUT2D eigenvalue weighted by Gasteiger charge is 2.33. The molecule has 0 spiro atoms. The van der Waals surface area contributed by atoms with E-state index in [4.69, 9.17) is 4.74 Å². The van der Waals surface area contributed by atoms with Gasteiger partial charge in [-0.15, -0.1) is 0 Å². The Morgan fingerprint density at radius 2 is 1.52 bits per heavy atom. The van der Waals surface area contributed by atoms with Gasteiger partial charge in [0.2, 0.25) is 0 Å². The average molecular weight is 322 g/mol.